The van der Waals surface area contributed by atoms with E-state index in [9.17, 15) is 4.39 Å². The fourth-order valence-corrected chi connectivity index (χ4v) is 2.67. The van der Waals surface area contributed by atoms with Gasteiger partial charge in [0, 0.05) is 29.6 Å². The third kappa shape index (κ3) is 3.71. The van der Waals surface area contributed by atoms with Gasteiger partial charge in [-0.25, -0.2) is 4.39 Å². The second-order valence-corrected chi connectivity index (χ2v) is 5.39. The van der Waals surface area contributed by atoms with Gasteiger partial charge in [0.1, 0.15) is 5.82 Å². The maximum atomic E-state index is 13.2. The lowest BCUT2D eigenvalue weighted by molar-refractivity contribution is 0.625. The van der Waals surface area contributed by atoms with Gasteiger partial charge >= 0.3 is 0 Å². The molecule has 0 aliphatic heterocycles. The minimum absolute atomic E-state index is 0.206. The zero-order valence-electron chi connectivity index (χ0n) is 10.5. The van der Waals surface area contributed by atoms with E-state index in [-0.39, 0.29) is 5.82 Å². The molecule has 100 valence electrons. The van der Waals surface area contributed by atoms with E-state index in [0.717, 1.165) is 27.2 Å². The largest absolute Gasteiger partial charge is 0.370 e. The van der Waals surface area contributed by atoms with Crippen LogP contribution in [0.1, 0.15) is 11.1 Å². The predicted molar refractivity (Wildman–Crippen MR) is 82.6 cm³/mol. The van der Waals surface area contributed by atoms with E-state index in [1.807, 2.05) is 31.3 Å². The van der Waals surface area contributed by atoms with Crippen molar-refractivity contribution in [3.8, 4) is 0 Å². The zero-order valence-corrected chi connectivity index (χ0v) is 12.9. The van der Waals surface area contributed by atoms with Crippen molar-refractivity contribution < 1.29 is 4.39 Å². The van der Waals surface area contributed by atoms with Crippen molar-refractivity contribution in [1.29, 1.82) is 0 Å². The molecule has 0 unspecified atom stereocenters. The van der Waals surface area contributed by atoms with Crippen LogP contribution >= 0.6 is 27.5 Å². The van der Waals surface area contributed by atoms with Crippen LogP contribution in [0.25, 0.3) is 0 Å². The van der Waals surface area contributed by atoms with Crippen molar-refractivity contribution in [1.82, 2.24) is 0 Å². The first kappa shape index (κ1) is 14.4. The van der Waals surface area contributed by atoms with Crippen LogP contribution in [0.4, 0.5) is 10.1 Å². The minimum atomic E-state index is -0.206. The Kier molecular flexibility index (Phi) is 4.83. The number of nitrogens with zero attached hydrogens (tertiary/aromatic N) is 1. The Bertz CT molecular complexity index is 574. The highest BCUT2D eigenvalue weighted by Gasteiger charge is 2.08. The number of alkyl halides is 1. The molecular weight excluding hydrogens is 329 g/mol. The first-order valence-electron chi connectivity index (χ1n) is 5.90. The van der Waals surface area contributed by atoms with Crippen molar-refractivity contribution >= 4 is 33.2 Å². The van der Waals surface area contributed by atoms with Gasteiger partial charge in [0.05, 0.1) is 0 Å². The van der Waals surface area contributed by atoms with Crippen molar-refractivity contribution in [3.63, 3.8) is 0 Å². The molecule has 0 amide bonds. The third-order valence-corrected chi connectivity index (χ3v) is 3.74. The summed E-state index contributed by atoms with van der Waals surface area (Å²) in [5, 5.41) is 1.45. The Hall–Kier alpha value is -1.06. The summed E-state index contributed by atoms with van der Waals surface area (Å²) < 4.78 is 13.2. The molecule has 0 aromatic heterocycles. The van der Waals surface area contributed by atoms with Gasteiger partial charge in [0.15, 0.2) is 0 Å². The molecule has 0 radical (unpaired) electrons. The Labute approximate surface area is 126 Å². The molecule has 1 nitrogen and oxygen atoms in total. The van der Waals surface area contributed by atoms with Crippen molar-refractivity contribution in [2.75, 3.05) is 11.9 Å². The molecule has 0 spiro atoms. The minimum Gasteiger partial charge on any atom is -0.370 e. The molecule has 0 aliphatic rings. The van der Waals surface area contributed by atoms with Crippen LogP contribution in [-0.2, 0) is 11.9 Å². The van der Waals surface area contributed by atoms with Gasteiger partial charge in [0.25, 0.3) is 0 Å². The van der Waals surface area contributed by atoms with Crippen LogP contribution in [-0.4, -0.2) is 7.05 Å². The molecule has 2 rings (SSSR count). The van der Waals surface area contributed by atoms with Gasteiger partial charge in [-0.3, -0.25) is 0 Å². The normalized spacial score (nSPS) is 10.5. The fourth-order valence-electron chi connectivity index (χ4n) is 2.03. The standard InChI is InChI=1S/C15H14BrClFN/c1-19(10-11-3-2-4-14(18)7-11)15-6-5-13(17)8-12(15)9-16/h2-8H,9-10H2,1H3. The smallest absolute Gasteiger partial charge is 0.123 e. The molecule has 0 fully saturated rings. The highest BCUT2D eigenvalue weighted by Crippen LogP contribution is 2.26. The summed E-state index contributed by atoms with van der Waals surface area (Å²) in [5.74, 6) is -0.206. The van der Waals surface area contributed by atoms with Crippen molar-refractivity contribution in [2.24, 2.45) is 0 Å². The summed E-state index contributed by atoms with van der Waals surface area (Å²) in [7, 11) is 1.99. The molecule has 0 bridgehead atoms. The maximum Gasteiger partial charge on any atom is 0.123 e. The maximum absolute atomic E-state index is 13.2. The second kappa shape index (κ2) is 6.40. The molecule has 0 N–H and O–H groups in total. The first-order chi connectivity index (χ1) is 9.10. The number of anilines is 1. The summed E-state index contributed by atoms with van der Waals surface area (Å²) in [6, 6.07) is 12.4. The van der Waals surface area contributed by atoms with Gasteiger partial charge in [0.2, 0.25) is 0 Å². The lowest BCUT2D eigenvalue weighted by atomic mass is 10.1. The Morgan fingerprint density at radius 1 is 1.21 bits per heavy atom. The first-order valence-corrected chi connectivity index (χ1v) is 7.40. The van der Waals surface area contributed by atoms with E-state index in [1.54, 1.807) is 12.1 Å². The molecule has 4 heteroatoms. The topological polar surface area (TPSA) is 3.24 Å². The predicted octanol–water partition coefficient (Wildman–Crippen LogP) is 5.01. The average Bonchev–Trinajstić information content (AvgIpc) is 2.38. The van der Waals surface area contributed by atoms with Crippen molar-refractivity contribution in [2.45, 2.75) is 11.9 Å². The Morgan fingerprint density at radius 2 is 2.00 bits per heavy atom. The van der Waals surface area contributed by atoms with Crippen LogP contribution in [0, 0.1) is 5.82 Å². The highest BCUT2D eigenvalue weighted by atomic mass is 79.9. The van der Waals surface area contributed by atoms with Crippen LogP contribution in [0.15, 0.2) is 42.5 Å². The monoisotopic (exact) mass is 341 g/mol. The molecule has 0 saturated carbocycles. The molecule has 2 aromatic rings. The van der Waals surface area contributed by atoms with Gasteiger partial charge in [-0.05, 0) is 41.5 Å². The van der Waals surface area contributed by atoms with E-state index in [1.165, 1.54) is 6.07 Å². The molecule has 0 saturated heterocycles. The lowest BCUT2D eigenvalue weighted by Gasteiger charge is -2.22. The van der Waals surface area contributed by atoms with E-state index in [4.69, 9.17) is 11.6 Å². The lowest BCUT2D eigenvalue weighted by Crippen LogP contribution is -2.17. The van der Waals surface area contributed by atoms with Crippen LogP contribution in [0.5, 0.6) is 0 Å². The fraction of sp³-hybridized carbons (Fsp3) is 0.200. The van der Waals surface area contributed by atoms with Crippen LogP contribution in [0.2, 0.25) is 5.02 Å². The van der Waals surface area contributed by atoms with E-state index < -0.39 is 0 Å². The second-order valence-electron chi connectivity index (χ2n) is 4.39. The Morgan fingerprint density at radius 3 is 2.68 bits per heavy atom. The average molecular weight is 343 g/mol. The number of benzene rings is 2. The molecule has 2 aromatic carbocycles. The number of rotatable bonds is 4. The molecule has 0 aliphatic carbocycles. The van der Waals surface area contributed by atoms with Crippen molar-refractivity contribution in [3.05, 3.63) is 64.4 Å². The summed E-state index contributed by atoms with van der Waals surface area (Å²) in [6.07, 6.45) is 0. The van der Waals surface area contributed by atoms with E-state index in [2.05, 4.69) is 20.8 Å². The summed E-state index contributed by atoms with van der Waals surface area (Å²) in [6.45, 7) is 0.652. The van der Waals surface area contributed by atoms with Gasteiger partial charge in [-0.1, -0.05) is 39.7 Å². The van der Waals surface area contributed by atoms with Crippen LogP contribution < -0.4 is 4.90 Å². The number of hydrogen-bond donors (Lipinski definition) is 0. The molecule has 0 atom stereocenters. The van der Waals surface area contributed by atoms with Gasteiger partial charge < -0.3 is 4.90 Å². The molecular formula is C15H14BrClFN. The summed E-state index contributed by atoms with van der Waals surface area (Å²) in [4.78, 5) is 2.09. The number of hydrogen-bond acceptors (Lipinski definition) is 1. The molecule has 0 heterocycles. The van der Waals surface area contributed by atoms with Gasteiger partial charge in [-0.2, -0.15) is 0 Å². The van der Waals surface area contributed by atoms with Crippen LogP contribution in [0.3, 0.4) is 0 Å². The molecule has 19 heavy (non-hydrogen) atoms. The third-order valence-electron chi connectivity index (χ3n) is 2.91. The Balaban J connectivity index is 2.22. The van der Waals surface area contributed by atoms with E-state index in [0.29, 0.717) is 6.54 Å². The quantitative estimate of drug-likeness (QED) is 0.706. The highest BCUT2D eigenvalue weighted by molar-refractivity contribution is 9.08. The summed E-state index contributed by atoms with van der Waals surface area (Å²) >= 11 is 9.45. The summed E-state index contributed by atoms with van der Waals surface area (Å²) in [5.41, 5.74) is 3.15. The SMILES string of the molecule is CN(Cc1cccc(F)c1)c1ccc(Cl)cc1CBr. The zero-order chi connectivity index (χ0) is 13.8. The van der Waals surface area contributed by atoms with Gasteiger partial charge in [-0.15, -0.1) is 0 Å². The van der Waals surface area contributed by atoms with E-state index >= 15 is 0 Å². The number of halogens is 3.